The number of hydrogen-bond donors (Lipinski definition) is 1. The predicted octanol–water partition coefficient (Wildman–Crippen LogP) is 4.18. The van der Waals surface area contributed by atoms with Crippen molar-refractivity contribution in [2.75, 3.05) is 7.05 Å². The maximum Gasteiger partial charge on any atom is 0.253 e. The monoisotopic (exact) mass is 364 g/mol. The summed E-state index contributed by atoms with van der Waals surface area (Å²) in [6.07, 6.45) is 3.19. The molecule has 1 aliphatic carbocycles. The van der Waals surface area contributed by atoms with Crippen LogP contribution in [0.1, 0.15) is 48.5 Å². The molecule has 2 unspecified atom stereocenters. The lowest BCUT2D eigenvalue weighted by molar-refractivity contribution is -0.121. The van der Waals surface area contributed by atoms with Crippen LogP contribution in [0.2, 0.25) is 0 Å². The van der Waals surface area contributed by atoms with Gasteiger partial charge in [0.05, 0.1) is 0 Å². The van der Waals surface area contributed by atoms with Gasteiger partial charge in [0.25, 0.3) is 5.91 Å². The third-order valence-corrected chi connectivity index (χ3v) is 5.48. The van der Waals surface area contributed by atoms with Gasteiger partial charge in [0.2, 0.25) is 5.91 Å². The fraction of sp³-hybridized carbons (Fsp3) is 0.391. The van der Waals surface area contributed by atoms with E-state index >= 15 is 0 Å². The zero-order valence-corrected chi connectivity index (χ0v) is 16.4. The molecule has 2 aromatic rings. The first-order valence-electron chi connectivity index (χ1n) is 9.71. The van der Waals surface area contributed by atoms with Crippen LogP contribution in [-0.2, 0) is 4.79 Å². The summed E-state index contributed by atoms with van der Waals surface area (Å²) in [5.41, 5.74) is 4.20. The van der Waals surface area contributed by atoms with Crippen LogP contribution in [0, 0.1) is 6.92 Å². The largest absolute Gasteiger partial charge is 0.353 e. The molecule has 142 valence electrons. The number of rotatable bonds is 5. The third kappa shape index (κ3) is 4.57. The molecule has 0 heterocycles. The molecule has 1 saturated carbocycles. The summed E-state index contributed by atoms with van der Waals surface area (Å²) in [5.74, 6) is 0.124. The minimum Gasteiger partial charge on any atom is -0.353 e. The highest BCUT2D eigenvalue weighted by atomic mass is 16.2. The van der Waals surface area contributed by atoms with Crippen LogP contribution in [0.5, 0.6) is 0 Å². The van der Waals surface area contributed by atoms with Gasteiger partial charge < -0.3 is 10.2 Å². The number of aryl methyl sites for hydroxylation is 1. The van der Waals surface area contributed by atoms with Gasteiger partial charge in [-0.1, -0.05) is 48.9 Å². The number of nitrogens with one attached hydrogen (secondary N) is 1. The second kappa shape index (κ2) is 8.38. The van der Waals surface area contributed by atoms with E-state index in [0.29, 0.717) is 12.0 Å². The van der Waals surface area contributed by atoms with E-state index in [9.17, 15) is 9.59 Å². The molecule has 2 amide bonds. The topological polar surface area (TPSA) is 49.4 Å². The van der Waals surface area contributed by atoms with Crippen molar-refractivity contribution in [1.29, 1.82) is 0 Å². The summed E-state index contributed by atoms with van der Waals surface area (Å²) in [4.78, 5) is 26.3. The SMILES string of the molecule is CCC(=O)NC1CCC(N(C)C(=O)c2ccc(-c3ccc(C)cc3)cc2)C1. The van der Waals surface area contributed by atoms with Crippen molar-refractivity contribution in [1.82, 2.24) is 10.2 Å². The highest BCUT2D eigenvalue weighted by molar-refractivity contribution is 5.94. The molecule has 0 saturated heterocycles. The maximum atomic E-state index is 12.8. The minimum absolute atomic E-state index is 0.0397. The van der Waals surface area contributed by atoms with Gasteiger partial charge in [-0.25, -0.2) is 0 Å². The van der Waals surface area contributed by atoms with Gasteiger partial charge in [0, 0.05) is 31.1 Å². The molecule has 2 atom stereocenters. The smallest absolute Gasteiger partial charge is 0.253 e. The Labute approximate surface area is 161 Å². The van der Waals surface area contributed by atoms with Crippen molar-refractivity contribution < 1.29 is 9.59 Å². The molecule has 1 aliphatic rings. The lowest BCUT2D eigenvalue weighted by Gasteiger charge is -2.25. The van der Waals surface area contributed by atoms with Gasteiger partial charge >= 0.3 is 0 Å². The normalized spacial score (nSPS) is 18.9. The van der Waals surface area contributed by atoms with E-state index in [4.69, 9.17) is 0 Å². The lowest BCUT2D eigenvalue weighted by atomic mass is 10.0. The molecule has 3 rings (SSSR count). The first-order valence-corrected chi connectivity index (χ1v) is 9.71. The number of carbonyl (C=O) groups excluding carboxylic acids is 2. The summed E-state index contributed by atoms with van der Waals surface area (Å²) < 4.78 is 0. The zero-order valence-electron chi connectivity index (χ0n) is 16.4. The minimum atomic E-state index is 0.0397. The van der Waals surface area contributed by atoms with Gasteiger partial charge in [-0.15, -0.1) is 0 Å². The van der Waals surface area contributed by atoms with E-state index in [2.05, 4.69) is 36.5 Å². The molecule has 27 heavy (non-hydrogen) atoms. The Hall–Kier alpha value is -2.62. The zero-order chi connectivity index (χ0) is 19.4. The van der Waals surface area contributed by atoms with Gasteiger partial charge in [-0.3, -0.25) is 9.59 Å². The molecule has 0 bridgehead atoms. The maximum absolute atomic E-state index is 12.8. The van der Waals surface area contributed by atoms with Crippen LogP contribution in [-0.4, -0.2) is 35.8 Å². The number of hydrogen-bond acceptors (Lipinski definition) is 2. The molecule has 0 radical (unpaired) electrons. The van der Waals surface area contributed by atoms with Crippen LogP contribution in [0.4, 0.5) is 0 Å². The van der Waals surface area contributed by atoms with Crippen LogP contribution < -0.4 is 5.32 Å². The molecular weight excluding hydrogens is 336 g/mol. The van der Waals surface area contributed by atoms with Gasteiger partial charge in [-0.05, 0) is 49.4 Å². The molecule has 1 fully saturated rings. The van der Waals surface area contributed by atoms with Gasteiger partial charge in [0.15, 0.2) is 0 Å². The second-order valence-electron chi connectivity index (χ2n) is 7.44. The van der Waals surface area contributed by atoms with Crippen LogP contribution in [0.3, 0.4) is 0 Å². The van der Waals surface area contributed by atoms with Crippen molar-refractivity contribution in [2.24, 2.45) is 0 Å². The quantitative estimate of drug-likeness (QED) is 0.865. The van der Waals surface area contributed by atoms with E-state index in [-0.39, 0.29) is 23.9 Å². The molecule has 0 spiro atoms. The van der Waals surface area contributed by atoms with E-state index in [1.165, 1.54) is 5.56 Å². The fourth-order valence-corrected chi connectivity index (χ4v) is 3.69. The van der Waals surface area contributed by atoms with Crippen molar-refractivity contribution in [3.8, 4) is 11.1 Å². The molecule has 0 aliphatic heterocycles. The van der Waals surface area contributed by atoms with Crippen molar-refractivity contribution in [3.63, 3.8) is 0 Å². The Kier molecular flexibility index (Phi) is 5.94. The van der Waals surface area contributed by atoms with Crippen LogP contribution >= 0.6 is 0 Å². The Morgan fingerprint density at radius 2 is 1.59 bits per heavy atom. The summed E-state index contributed by atoms with van der Waals surface area (Å²) in [6.45, 7) is 3.93. The molecule has 1 N–H and O–H groups in total. The summed E-state index contributed by atoms with van der Waals surface area (Å²) in [6, 6.07) is 16.6. The first-order chi connectivity index (χ1) is 13.0. The first kappa shape index (κ1) is 19.2. The van der Waals surface area contributed by atoms with Crippen LogP contribution in [0.15, 0.2) is 48.5 Å². The Bertz CT molecular complexity index is 796. The number of benzene rings is 2. The average molecular weight is 364 g/mol. The summed E-state index contributed by atoms with van der Waals surface area (Å²) in [7, 11) is 1.87. The average Bonchev–Trinajstić information content (AvgIpc) is 3.16. The van der Waals surface area contributed by atoms with Crippen molar-refractivity contribution in [2.45, 2.75) is 51.6 Å². The third-order valence-electron chi connectivity index (χ3n) is 5.48. The molecule has 0 aromatic heterocycles. The fourth-order valence-electron chi connectivity index (χ4n) is 3.69. The van der Waals surface area contributed by atoms with Crippen LogP contribution in [0.25, 0.3) is 11.1 Å². The predicted molar refractivity (Wildman–Crippen MR) is 109 cm³/mol. The molecular formula is C23H28N2O2. The van der Waals surface area contributed by atoms with Gasteiger partial charge in [0.1, 0.15) is 0 Å². The van der Waals surface area contributed by atoms with E-state index < -0.39 is 0 Å². The van der Waals surface area contributed by atoms with E-state index in [1.807, 2.05) is 43.1 Å². The number of nitrogens with zero attached hydrogens (tertiary/aromatic N) is 1. The summed E-state index contributed by atoms with van der Waals surface area (Å²) in [5, 5.41) is 3.04. The molecule has 4 heteroatoms. The van der Waals surface area contributed by atoms with E-state index in [0.717, 1.165) is 30.4 Å². The standard InChI is InChI=1S/C23H28N2O2/c1-4-22(26)24-20-13-14-21(15-20)25(3)23(27)19-11-9-18(10-12-19)17-7-5-16(2)6-8-17/h5-12,20-21H,4,13-15H2,1-3H3,(H,24,26). The Balaban J connectivity index is 1.63. The highest BCUT2D eigenvalue weighted by Crippen LogP contribution is 2.26. The van der Waals surface area contributed by atoms with Gasteiger partial charge in [-0.2, -0.15) is 0 Å². The van der Waals surface area contributed by atoms with E-state index in [1.54, 1.807) is 0 Å². The number of carbonyl (C=O) groups is 2. The highest BCUT2D eigenvalue weighted by Gasteiger charge is 2.30. The van der Waals surface area contributed by atoms with Crippen molar-refractivity contribution in [3.05, 3.63) is 59.7 Å². The number of amides is 2. The summed E-state index contributed by atoms with van der Waals surface area (Å²) >= 11 is 0. The Morgan fingerprint density at radius 1 is 1.00 bits per heavy atom. The van der Waals surface area contributed by atoms with Crippen molar-refractivity contribution >= 4 is 11.8 Å². The molecule has 2 aromatic carbocycles. The second-order valence-corrected chi connectivity index (χ2v) is 7.44. The Morgan fingerprint density at radius 3 is 2.19 bits per heavy atom. The lowest BCUT2D eigenvalue weighted by Crippen LogP contribution is -2.38. The molecule has 4 nitrogen and oxygen atoms in total.